The Morgan fingerprint density at radius 3 is 2.14 bits per heavy atom. The second-order valence-electron chi connectivity index (χ2n) is 7.08. The minimum atomic E-state index is -0.594. The van der Waals surface area contributed by atoms with Crippen LogP contribution in [0, 0.1) is 6.92 Å². The van der Waals surface area contributed by atoms with Gasteiger partial charge in [-0.1, -0.05) is 24.3 Å². The molecule has 1 aromatic carbocycles. The van der Waals surface area contributed by atoms with Crippen LogP contribution in [0.15, 0.2) is 36.4 Å². The zero-order valence-electron chi connectivity index (χ0n) is 13.9. The predicted octanol–water partition coefficient (Wildman–Crippen LogP) is 3.51. The quantitative estimate of drug-likeness (QED) is 0.861. The van der Waals surface area contributed by atoms with Gasteiger partial charge < -0.3 is 9.84 Å². The van der Waals surface area contributed by atoms with E-state index in [1.54, 1.807) is 6.92 Å². The number of nitrogens with zero attached hydrogens (tertiary/aromatic N) is 1. The van der Waals surface area contributed by atoms with Crippen molar-refractivity contribution in [2.75, 3.05) is 0 Å². The van der Waals surface area contributed by atoms with Crippen molar-refractivity contribution in [2.24, 2.45) is 0 Å². The first-order chi connectivity index (χ1) is 9.63. The number of benzene rings is 1. The summed E-state index contributed by atoms with van der Waals surface area (Å²) in [6.07, 6.45) is 3.38. The van der Waals surface area contributed by atoms with Gasteiger partial charge in [-0.2, -0.15) is 0 Å². The second kappa shape index (κ2) is 5.47. The van der Waals surface area contributed by atoms with Gasteiger partial charge in [-0.15, -0.1) is 0 Å². The summed E-state index contributed by atoms with van der Waals surface area (Å²) in [7, 11) is 0. The fourth-order valence-electron chi connectivity index (χ4n) is 3.16. The lowest BCUT2D eigenvalue weighted by Gasteiger charge is -2.46. The third-order valence-corrected chi connectivity index (χ3v) is 4.05. The van der Waals surface area contributed by atoms with E-state index >= 15 is 0 Å². The number of hydrogen-bond donors (Lipinski definition) is 1. The molecule has 0 aliphatic carbocycles. The van der Waals surface area contributed by atoms with Crippen molar-refractivity contribution in [3.63, 3.8) is 0 Å². The summed E-state index contributed by atoms with van der Waals surface area (Å²) in [6.45, 7) is 12.4. The van der Waals surface area contributed by atoms with Gasteiger partial charge in [-0.25, -0.2) is 4.90 Å². The van der Waals surface area contributed by atoms with Gasteiger partial charge in [0, 0.05) is 11.1 Å². The highest BCUT2D eigenvalue weighted by molar-refractivity contribution is 5.28. The standard InChI is InChI=1S/C18H27NO2/c1-13-8-7-9-15(12-13)21-16(14(2)20)19-17(3,4)10-11-18(19,5)6/h7-12,14,16,20H,1-6H3. The zero-order chi connectivity index (χ0) is 15.8. The molecule has 3 heteroatoms. The summed E-state index contributed by atoms with van der Waals surface area (Å²) in [4.78, 5) is 2.23. The van der Waals surface area contributed by atoms with E-state index in [1.807, 2.05) is 31.2 Å². The highest BCUT2D eigenvalue weighted by atomic mass is 16.5. The molecule has 0 saturated heterocycles. The first-order valence-electron chi connectivity index (χ1n) is 7.55. The van der Waals surface area contributed by atoms with Gasteiger partial charge in [0.1, 0.15) is 11.9 Å². The summed E-state index contributed by atoms with van der Waals surface area (Å²) in [6, 6.07) is 7.95. The molecular weight excluding hydrogens is 262 g/mol. The summed E-state index contributed by atoms with van der Waals surface area (Å²) in [5.41, 5.74) is 0.833. The Kier molecular flexibility index (Phi) is 4.18. The molecule has 0 saturated carbocycles. The Morgan fingerprint density at radius 2 is 1.67 bits per heavy atom. The van der Waals surface area contributed by atoms with E-state index in [4.69, 9.17) is 4.74 Å². The van der Waals surface area contributed by atoms with E-state index in [9.17, 15) is 5.11 Å². The van der Waals surface area contributed by atoms with Crippen molar-refractivity contribution in [1.29, 1.82) is 0 Å². The maximum absolute atomic E-state index is 10.3. The van der Waals surface area contributed by atoms with Crippen molar-refractivity contribution in [2.45, 2.75) is 65.0 Å². The first-order valence-corrected chi connectivity index (χ1v) is 7.55. The molecule has 0 bridgehead atoms. The van der Waals surface area contributed by atoms with Gasteiger partial charge in [-0.3, -0.25) is 0 Å². The first kappa shape index (κ1) is 16.1. The van der Waals surface area contributed by atoms with Gasteiger partial charge in [0.25, 0.3) is 0 Å². The summed E-state index contributed by atoms with van der Waals surface area (Å²) < 4.78 is 6.15. The minimum Gasteiger partial charge on any atom is -0.472 e. The molecule has 3 nitrogen and oxygen atoms in total. The highest BCUT2D eigenvalue weighted by Gasteiger charge is 2.46. The normalized spacial score (nSPS) is 23.0. The molecule has 1 aliphatic heterocycles. The van der Waals surface area contributed by atoms with Crippen LogP contribution in [0.5, 0.6) is 5.75 Å². The average Bonchev–Trinajstić information content (AvgIpc) is 2.56. The molecule has 0 spiro atoms. The molecule has 0 radical (unpaired) electrons. The molecule has 0 amide bonds. The Bertz CT molecular complexity index is 514. The van der Waals surface area contributed by atoms with Crippen LogP contribution in [-0.4, -0.2) is 33.4 Å². The average molecular weight is 289 g/mol. The molecule has 2 unspecified atom stereocenters. The van der Waals surface area contributed by atoms with Gasteiger partial charge in [0.15, 0.2) is 6.23 Å². The topological polar surface area (TPSA) is 32.7 Å². The fraction of sp³-hybridized carbons (Fsp3) is 0.556. The molecular formula is C18H27NO2. The maximum atomic E-state index is 10.3. The third-order valence-electron chi connectivity index (χ3n) is 4.05. The molecule has 1 N–H and O–H groups in total. The smallest absolute Gasteiger partial charge is 0.179 e. The van der Waals surface area contributed by atoms with E-state index in [0.717, 1.165) is 11.3 Å². The van der Waals surface area contributed by atoms with Crippen molar-refractivity contribution >= 4 is 0 Å². The summed E-state index contributed by atoms with van der Waals surface area (Å²) in [5.74, 6) is 0.791. The van der Waals surface area contributed by atoms with Crippen LogP contribution in [0.4, 0.5) is 0 Å². The summed E-state index contributed by atoms with van der Waals surface area (Å²) in [5, 5.41) is 10.3. The molecule has 1 aromatic rings. The molecule has 1 aliphatic rings. The van der Waals surface area contributed by atoms with E-state index < -0.39 is 12.3 Å². The Balaban J connectivity index is 2.31. The van der Waals surface area contributed by atoms with Crippen LogP contribution in [0.1, 0.15) is 40.2 Å². The van der Waals surface area contributed by atoms with Gasteiger partial charge >= 0.3 is 0 Å². The monoisotopic (exact) mass is 289 g/mol. The molecule has 21 heavy (non-hydrogen) atoms. The predicted molar refractivity (Wildman–Crippen MR) is 86.4 cm³/mol. The minimum absolute atomic E-state index is 0.158. The molecule has 2 rings (SSSR count). The number of ether oxygens (including phenoxy) is 1. The van der Waals surface area contributed by atoms with Crippen LogP contribution >= 0.6 is 0 Å². The van der Waals surface area contributed by atoms with Crippen LogP contribution in [0.3, 0.4) is 0 Å². The Morgan fingerprint density at radius 1 is 1.10 bits per heavy atom. The van der Waals surface area contributed by atoms with Crippen LogP contribution in [0.25, 0.3) is 0 Å². The van der Waals surface area contributed by atoms with Crippen LogP contribution < -0.4 is 4.74 Å². The highest BCUT2D eigenvalue weighted by Crippen LogP contribution is 2.38. The van der Waals surface area contributed by atoms with Crippen molar-refractivity contribution in [3.05, 3.63) is 42.0 Å². The maximum Gasteiger partial charge on any atom is 0.179 e. The largest absolute Gasteiger partial charge is 0.472 e. The lowest BCUT2D eigenvalue weighted by Crippen LogP contribution is -2.60. The van der Waals surface area contributed by atoms with E-state index in [-0.39, 0.29) is 11.1 Å². The van der Waals surface area contributed by atoms with Crippen molar-refractivity contribution < 1.29 is 9.84 Å². The van der Waals surface area contributed by atoms with Gasteiger partial charge in [0.05, 0.1) is 0 Å². The number of aliphatic hydroxyl groups is 1. The number of hydrogen-bond acceptors (Lipinski definition) is 3. The molecule has 0 fully saturated rings. The zero-order valence-corrected chi connectivity index (χ0v) is 13.9. The van der Waals surface area contributed by atoms with Crippen LogP contribution in [0.2, 0.25) is 0 Å². The van der Waals surface area contributed by atoms with E-state index in [0.29, 0.717) is 0 Å². The Labute approximate surface area is 128 Å². The van der Waals surface area contributed by atoms with Gasteiger partial charge in [-0.05, 0) is 59.2 Å². The molecule has 2 atom stereocenters. The molecule has 1 heterocycles. The van der Waals surface area contributed by atoms with E-state index in [2.05, 4.69) is 44.7 Å². The molecule has 116 valence electrons. The van der Waals surface area contributed by atoms with Crippen molar-refractivity contribution in [1.82, 2.24) is 4.90 Å². The SMILES string of the molecule is Cc1cccc(OC(C(C)O)N2C(C)(C)C=CC2(C)C)c1. The Hall–Kier alpha value is -1.32. The fourth-order valence-corrected chi connectivity index (χ4v) is 3.16. The van der Waals surface area contributed by atoms with E-state index in [1.165, 1.54) is 0 Å². The summed E-state index contributed by atoms with van der Waals surface area (Å²) >= 11 is 0. The lowest BCUT2D eigenvalue weighted by molar-refractivity contribution is -0.113. The number of rotatable bonds is 4. The lowest BCUT2D eigenvalue weighted by atomic mass is 10.0. The second-order valence-corrected chi connectivity index (χ2v) is 7.08. The number of aliphatic hydroxyl groups excluding tert-OH is 1. The third kappa shape index (κ3) is 3.30. The number of aryl methyl sites for hydroxylation is 1. The molecule has 0 aromatic heterocycles. The van der Waals surface area contributed by atoms with Crippen LogP contribution in [-0.2, 0) is 0 Å². The van der Waals surface area contributed by atoms with Gasteiger partial charge in [0.2, 0.25) is 0 Å². The van der Waals surface area contributed by atoms with Crippen molar-refractivity contribution in [3.8, 4) is 5.75 Å².